The number of halogens is 1. The van der Waals surface area contributed by atoms with Crippen LogP contribution in [-0.2, 0) is 0 Å². The first kappa shape index (κ1) is 9.93. The van der Waals surface area contributed by atoms with Gasteiger partial charge in [-0.1, -0.05) is 6.08 Å². The molecule has 0 aromatic rings. The molecule has 0 aromatic heterocycles. The van der Waals surface area contributed by atoms with E-state index in [9.17, 15) is 0 Å². The second-order valence-corrected chi connectivity index (χ2v) is 7.41. The van der Waals surface area contributed by atoms with Crippen LogP contribution < -0.4 is 5.73 Å². The Kier molecular flexibility index (Phi) is 3.03. The fourth-order valence-corrected chi connectivity index (χ4v) is 6.59. The predicted molar refractivity (Wildman–Crippen MR) is 69.4 cm³/mol. The fraction of sp³-hybridized carbons (Fsp3) is 0.222. The van der Waals surface area contributed by atoms with Crippen LogP contribution in [0.1, 0.15) is 0 Å². The van der Waals surface area contributed by atoms with E-state index in [0.29, 0.717) is 10.9 Å². The summed E-state index contributed by atoms with van der Waals surface area (Å²) in [6, 6.07) is 2.20. The molecule has 2 aliphatic heterocycles. The van der Waals surface area contributed by atoms with Gasteiger partial charge in [-0.25, -0.2) is 0 Å². The average molecular weight is 317 g/mol. The summed E-state index contributed by atoms with van der Waals surface area (Å²) in [6.07, 6.45) is 5.86. The lowest BCUT2D eigenvalue weighted by atomic mass is 9.99. The first-order valence-electron chi connectivity index (χ1n) is 4.08. The van der Waals surface area contributed by atoms with E-state index in [4.69, 9.17) is 11.0 Å². The lowest BCUT2D eigenvalue weighted by molar-refractivity contribution is 0.872. The zero-order chi connectivity index (χ0) is 9.97. The summed E-state index contributed by atoms with van der Waals surface area (Å²) in [5.41, 5.74) is 6.47. The summed E-state index contributed by atoms with van der Waals surface area (Å²) in [5.74, 6) is 0.316. The van der Waals surface area contributed by atoms with Crippen molar-refractivity contribution < 1.29 is 0 Å². The van der Waals surface area contributed by atoms with Crippen LogP contribution in [-0.4, -0.2) is 16.3 Å². The first-order valence-corrected chi connectivity index (χ1v) is 8.52. The number of nitriles is 1. The Hall–Kier alpha value is -0.610. The van der Waals surface area contributed by atoms with Gasteiger partial charge in [0.2, 0.25) is 0 Å². The highest BCUT2D eigenvalue weighted by Crippen LogP contribution is 2.41. The van der Waals surface area contributed by atoms with E-state index >= 15 is 0 Å². The second kappa shape index (κ2) is 4.28. The SMILES string of the molecule is N#CC1=C(N)SI=C1C1C=CC=NC1. The van der Waals surface area contributed by atoms with Crippen LogP contribution >= 0.6 is 28.3 Å². The quantitative estimate of drug-likeness (QED) is 0.750. The van der Waals surface area contributed by atoms with Gasteiger partial charge in [-0.15, -0.1) is 0 Å². The van der Waals surface area contributed by atoms with Crippen molar-refractivity contribution in [2.45, 2.75) is 0 Å². The van der Waals surface area contributed by atoms with Gasteiger partial charge in [0.25, 0.3) is 0 Å². The third-order valence-corrected chi connectivity index (χ3v) is 7.42. The minimum atomic E-state index is -0.149. The number of dihydropyridines is 1. The van der Waals surface area contributed by atoms with Crippen molar-refractivity contribution in [3.63, 3.8) is 0 Å². The van der Waals surface area contributed by atoms with Crippen LogP contribution in [0.25, 0.3) is 0 Å². The van der Waals surface area contributed by atoms with E-state index in [1.807, 2.05) is 6.08 Å². The van der Waals surface area contributed by atoms with Gasteiger partial charge in [0, 0.05) is 22.2 Å². The molecule has 0 fully saturated rings. The minimum Gasteiger partial charge on any atom is -0.392 e. The van der Waals surface area contributed by atoms with Crippen LogP contribution in [0, 0.1) is 17.2 Å². The first-order chi connectivity index (χ1) is 6.83. The Morgan fingerprint density at radius 2 is 2.57 bits per heavy atom. The molecule has 1 unspecified atom stereocenters. The molecule has 0 amide bonds. The maximum Gasteiger partial charge on any atom is 0.103 e. The third-order valence-electron chi connectivity index (χ3n) is 1.96. The minimum absolute atomic E-state index is 0.149. The number of aliphatic imine (C=N–C) groups is 1. The molecule has 2 rings (SSSR count). The summed E-state index contributed by atoms with van der Waals surface area (Å²) in [7, 11) is 1.65. The van der Waals surface area contributed by atoms with Gasteiger partial charge < -0.3 is 5.73 Å². The molecular weight excluding hydrogens is 309 g/mol. The average Bonchev–Trinajstić information content (AvgIpc) is 2.61. The molecule has 2 heterocycles. The molecule has 0 aromatic carbocycles. The van der Waals surface area contributed by atoms with Crippen molar-refractivity contribution >= 4 is 38.0 Å². The summed E-state index contributed by atoms with van der Waals surface area (Å²) in [5, 5.41) is 9.68. The molecule has 5 heteroatoms. The molecule has 0 spiro atoms. The van der Waals surface area contributed by atoms with Crippen molar-refractivity contribution in [2.24, 2.45) is 16.6 Å². The van der Waals surface area contributed by atoms with Gasteiger partial charge in [-0.3, -0.25) is 4.99 Å². The van der Waals surface area contributed by atoms with Crippen LogP contribution in [0.15, 0.2) is 27.7 Å². The zero-order valence-corrected chi connectivity index (χ0v) is 10.2. The monoisotopic (exact) mass is 317 g/mol. The summed E-state index contributed by atoms with van der Waals surface area (Å²) in [6.45, 7) is 0.768. The number of allylic oxidation sites excluding steroid dienone is 2. The van der Waals surface area contributed by atoms with Gasteiger partial charge in [0.15, 0.2) is 0 Å². The zero-order valence-electron chi connectivity index (χ0n) is 7.27. The number of rotatable bonds is 1. The Morgan fingerprint density at radius 1 is 1.71 bits per heavy atom. The number of hydrogen-bond donors (Lipinski definition) is 1. The Bertz CT molecular complexity index is 414. The highest BCUT2D eigenvalue weighted by atomic mass is 127. The molecule has 0 radical (unpaired) electrons. The van der Waals surface area contributed by atoms with Crippen molar-refractivity contribution in [1.82, 2.24) is 0 Å². The molecule has 72 valence electrons. The molecule has 0 aliphatic carbocycles. The summed E-state index contributed by atoms with van der Waals surface area (Å²) >= 11 is -0.149. The highest BCUT2D eigenvalue weighted by molar-refractivity contribution is 14.2. The molecule has 1 atom stereocenters. The van der Waals surface area contributed by atoms with Crippen LogP contribution in [0.3, 0.4) is 0 Å². The van der Waals surface area contributed by atoms with Crippen molar-refractivity contribution in [3.05, 3.63) is 22.8 Å². The van der Waals surface area contributed by atoms with Gasteiger partial charge in [-0.05, 0) is 34.4 Å². The number of hydrogen-bond acceptors (Lipinski definition) is 4. The van der Waals surface area contributed by atoms with Crippen LogP contribution in [0.5, 0.6) is 0 Å². The third kappa shape index (κ3) is 1.77. The molecule has 0 saturated heterocycles. The van der Waals surface area contributed by atoms with Crippen molar-refractivity contribution in [2.75, 3.05) is 6.54 Å². The second-order valence-electron chi connectivity index (χ2n) is 2.86. The normalized spacial score (nSPS) is 25.6. The van der Waals surface area contributed by atoms with E-state index in [0.717, 1.165) is 12.1 Å². The topological polar surface area (TPSA) is 62.2 Å². The maximum atomic E-state index is 8.97. The lowest BCUT2D eigenvalue weighted by Gasteiger charge is -2.12. The fourth-order valence-electron chi connectivity index (χ4n) is 1.27. The van der Waals surface area contributed by atoms with Crippen LogP contribution in [0.4, 0.5) is 0 Å². The van der Waals surface area contributed by atoms with Gasteiger partial charge in [0.1, 0.15) is 6.07 Å². The number of nitrogens with two attached hydrogens (primary N) is 1. The van der Waals surface area contributed by atoms with E-state index in [-0.39, 0.29) is 19.3 Å². The maximum absolute atomic E-state index is 8.97. The Balaban J connectivity index is 2.25. The number of nitrogens with zero attached hydrogens (tertiary/aromatic N) is 2. The van der Waals surface area contributed by atoms with Gasteiger partial charge in [-0.2, -0.15) is 5.26 Å². The molecule has 14 heavy (non-hydrogen) atoms. The Morgan fingerprint density at radius 3 is 3.21 bits per heavy atom. The largest absolute Gasteiger partial charge is 0.392 e. The smallest absolute Gasteiger partial charge is 0.103 e. The van der Waals surface area contributed by atoms with Gasteiger partial charge in [0.05, 0.1) is 10.6 Å². The molecular formula is C9H8IN3S. The van der Waals surface area contributed by atoms with E-state index in [2.05, 4.69) is 17.1 Å². The Labute approximate surface area is 95.0 Å². The standard InChI is InChI=1S/C9H8IN3S/c11-4-7-8(10-14-9(7)12)6-2-1-3-13-5-6/h1-3,6H,5,12H2. The molecule has 0 saturated carbocycles. The summed E-state index contributed by atoms with van der Waals surface area (Å²) < 4.78 is 1.24. The molecule has 3 nitrogen and oxygen atoms in total. The van der Waals surface area contributed by atoms with Gasteiger partial charge >= 0.3 is 0 Å². The molecule has 2 N–H and O–H groups in total. The highest BCUT2D eigenvalue weighted by Gasteiger charge is 2.24. The molecule has 2 aliphatic rings. The summed E-state index contributed by atoms with van der Waals surface area (Å²) in [4.78, 5) is 4.20. The van der Waals surface area contributed by atoms with Crippen molar-refractivity contribution in [1.29, 1.82) is 5.26 Å². The van der Waals surface area contributed by atoms with E-state index in [1.165, 1.54) is 3.51 Å². The van der Waals surface area contributed by atoms with Crippen molar-refractivity contribution in [3.8, 4) is 6.07 Å². The van der Waals surface area contributed by atoms with Crippen LogP contribution in [0.2, 0.25) is 0 Å². The predicted octanol–water partition coefficient (Wildman–Crippen LogP) is 1.74. The molecule has 0 bridgehead atoms. The lowest BCUT2D eigenvalue weighted by Crippen LogP contribution is -2.17. The van der Waals surface area contributed by atoms with E-state index in [1.54, 1.807) is 15.1 Å². The van der Waals surface area contributed by atoms with E-state index < -0.39 is 0 Å².